The average molecular weight is 455 g/mol. The van der Waals surface area contributed by atoms with E-state index in [9.17, 15) is 4.79 Å². The smallest absolute Gasteiger partial charge is 0.225 e. The van der Waals surface area contributed by atoms with Crippen LogP contribution in [0.25, 0.3) is 0 Å². The summed E-state index contributed by atoms with van der Waals surface area (Å²) in [7, 11) is 5.07. The normalized spacial score (nSPS) is 18.5. The molecular weight excluding hydrogens is 416 g/mol. The summed E-state index contributed by atoms with van der Waals surface area (Å²) < 4.78 is 16.1. The molecule has 0 radical (unpaired) electrons. The minimum atomic E-state index is -0.0334. The van der Waals surface area contributed by atoms with Crippen LogP contribution in [0.5, 0.6) is 11.5 Å². The van der Waals surface area contributed by atoms with Gasteiger partial charge in [0, 0.05) is 51.7 Å². The number of nitrogens with zero attached hydrogens (tertiary/aromatic N) is 2. The second kappa shape index (κ2) is 12.1. The first-order valence-electron chi connectivity index (χ1n) is 11.7. The lowest BCUT2D eigenvalue weighted by atomic mass is 9.88. The number of ether oxygens (including phenoxy) is 3. The third kappa shape index (κ3) is 6.71. The van der Waals surface area contributed by atoms with Crippen molar-refractivity contribution in [2.75, 3.05) is 54.1 Å². The predicted octanol–water partition coefficient (Wildman–Crippen LogP) is 4.05. The van der Waals surface area contributed by atoms with Crippen LogP contribution in [0.3, 0.4) is 0 Å². The molecule has 2 aromatic rings. The van der Waals surface area contributed by atoms with Crippen molar-refractivity contribution in [3.8, 4) is 11.5 Å². The van der Waals surface area contributed by atoms with Crippen molar-refractivity contribution in [2.24, 2.45) is 11.8 Å². The lowest BCUT2D eigenvalue weighted by molar-refractivity contribution is -0.135. The summed E-state index contributed by atoms with van der Waals surface area (Å²) >= 11 is 0. The lowest BCUT2D eigenvalue weighted by Crippen LogP contribution is -2.41. The Bertz CT molecular complexity index is 884. The van der Waals surface area contributed by atoms with E-state index in [0.29, 0.717) is 25.0 Å². The van der Waals surface area contributed by atoms with Gasteiger partial charge >= 0.3 is 0 Å². The number of methoxy groups -OCH3 is 3. The summed E-state index contributed by atoms with van der Waals surface area (Å²) in [5.41, 5.74) is 2.52. The zero-order valence-corrected chi connectivity index (χ0v) is 20.6. The van der Waals surface area contributed by atoms with Crippen LogP contribution < -0.4 is 9.47 Å². The van der Waals surface area contributed by atoms with Gasteiger partial charge in [-0.3, -0.25) is 9.69 Å². The first-order valence-corrected chi connectivity index (χ1v) is 11.7. The molecule has 1 aliphatic heterocycles. The monoisotopic (exact) mass is 454 g/mol. The maximum absolute atomic E-state index is 12.9. The molecule has 1 heterocycles. The SMILES string of the molecule is COCCN(C[C@@H]1CN(Cc2ccc(OC)cc2)C[C@@H]1c1cccc(OC)c1)C(=O)C(C)C. The summed E-state index contributed by atoms with van der Waals surface area (Å²) in [6, 6.07) is 16.6. The molecule has 2 atom stereocenters. The van der Waals surface area contributed by atoms with Gasteiger partial charge in [0.05, 0.1) is 20.8 Å². The molecule has 0 aromatic heterocycles. The molecule has 2 aromatic carbocycles. The highest BCUT2D eigenvalue weighted by Gasteiger charge is 2.36. The fourth-order valence-electron chi connectivity index (χ4n) is 4.65. The van der Waals surface area contributed by atoms with Crippen molar-refractivity contribution < 1.29 is 19.0 Å². The molecule has 1 saturated heterocycles. The fraction of sp³-hybridized carbons (Fsp3) is 0.519. The second-order valence-corrected chi connectivity index (χ2v) is 9.12. The van der Waals surface area contributed by atoms with Crippen molar-refractivity contribution in [1.29, 1.82) is 0 Å². The minimum Gasteiger partial charge on any atom is -0.497 e. The van der Waals surface area contributed by atoms with Gasteiger partial charge in [-0.05, 0) is 41.3 Å². The van der Waals surface area contributed by atoms with Crippen molar-refractivity contribution in [1.82, 2.24) is 9.80 Å². The van der Waals surface area contributed by atoms with Crippen LogP contribution in [0.2, 0.25) is 0 Å². The number of rotatable bonds is 11. The van der Waals surface area contributed by atoms with Crippen LogP contribution in [-0.2, 0) is 16.1 Å². The molecule has 3 rings (SSSR count). The molecule has 0 spiro atoms. The number of likely N-dealkylation sites (tertiary alicyclic amines) is 1. The van der Waals surface area contributed by atoms with Gasteiger partial charge in [-0.2, -0.15) is 0 Å². The first-order chi connectivity index (χ1) is 15.9. The summed E-state index contributed by atoms with van der Waals surface area (Å²) in [6.45, 7) is 8.57. The van der Waals surface area contributed by atoms with Gasteiger partial charge in [-0.15, -0.1) is 0 Å². The van der Waals surface area contributed by atoms with Gasteiger partial charge in [-0.25, -0.2) is 0 Å². The van der Waals surface area contributed by atoms with Gasteiger partial charge in [0.2, 0.25) is 5.91 Å². The molecule has 1 fully saturated rings. The highest BCUT2D eigenvalue weighted by molar-refractivity contribution is 5.78. The van der Waals surface area contributed by atoms with E-state index in [0.717, 1.165) is 37.7 Å². The summed E-state index contributed by atoms with van der Waals surface area (Å²) in [5.74, 6) is 2.54. The van der Waals surface area contributed by atoms with Gasteiger partial charge in [-0.1, -0.05) is 38.1 Å². The van der Waals surface area contributed by atoms with Crippen LogP contribution in [-0.4, -0.2) is 69.8 Å². The predicted molar refractivity (Wildman–Crippen MR) is 131 cm³/mol. The van der Waals surface area contributed by atoms with E-state index < -0.39 is 0 Å². The Hall–Kier alpha value is -2.57. The fourth-order valence-corrected chi connectivity index (χ4v) is 4.65. The number of hydrogen-bond donors (Lipinski definition) is 0. The van der Waals surface area contributed by atoms with Gasteiger partial charge in [0.1, 0.15) is 11.5 Å². The molecular formula is C27H38N2O4. The number of hydrogen-bond acceptors (Lipinski definition) is 5. The van der Waals surface area contributed by atoms with E-state index in [4.69, 9.17) is 14.2 Å². The highest BCUT2D eigenvalue weighted by atomic mass is 16.5. The molecule has 6 nitrogen and oxygen atoms in total. The summed E-state index contributed by atoms with van der Waals surface area (Å²) in [5, 5.41) is 0. The zero-order chi connectivity index (χ0) is 23.8. The zero-order valence-electron chi connectivity index (χ0n) is 20.6. The number of carbonyl (C=O) groups is 1. The van der Waals surface area contributed by atoms with Crippen molar-refractivity contribution in [3.05, 3.63) is 59.7 Å². The Morgan fingerprint density at radius 1 is 1.03 bits per heavy atom. The largest absolute Gasteiger partial charge is 0.497 e. The molecule has 0 unspecified atom stereocenters. The molecule has 6 heteroatoms. The van der Waals surface area contributed by atoms with Gasteiger partial charge in [0.15, 0.2) is 0 Å². The molecule has 0 aliphatic carbocycles. The maximum atomic E-state index is 12.9. The van der Waals surface area contributed by atoms with E-state index in [1.165, 1.54) is 11.1 Å². The van der Waals surface area contributed by atoms with Crippen LogP contribution >= 0.6 is 0 Å². The van der Waals surface area contributed by atoms with Crippen molar-refractivity contribution in [2.45, 2.75) is 26.3 Å². The van der Waals surface area contributed by atoms with Crippen LogP contribution in [0.15, 0.2) is 48.5 Å². The van der Waals surface area contributed by atoms with Crippen LogP contribution in [0.1, 0.15) is 30.9 Å². The third-order valence-corrected chi connectivity index (χ3v) is 6.43. The molecule has 33 heavy (non-hydrogen) atoms. The molecule has 0 N–H and O–H groups in total. The van der Waals surface area contributed by atoms with Crippen LogP contribution in [0, 0.1) is 11.8 Å². The molecule has 180 valence electrons. The number of benzene rings is 2. The standard InChI is InChI=1S/C27H38N2O4/c1-20(2)27(30)29(13-14-31-3)18-23-17-28(16-21-9-11-24(32-4)12-10-21)19-26(23)22-7-6-8-25(15-22)33-5/h6-12,15,20,23,26H,13-14,16-19H2,1-5H3/t23-,26+/m0/s1. The Labute approximate surface area is 198 Å². The molecule has 0 bridgehead atoms. The topological polar surface area (TPSA) is 51.2 Å². The van der Waals surface area contributed by atoms with Crippen molar-refractivity contribution >= 4 is 5.91 Å². The van der Waals surface area contributed by atoms with Crippen LogP contribution in [0.4, 0.5) is 0 Å². The summed E-state index contributed by atoms with van der Waals surface area (Å²) in [4.78, 5) is 17.4. The van der Waals surface area contributed by atoms with E-state index in [2.05, 4.69) is 35.2 Å². The van der Waals surface area contributed by atoms with Crippen molar-refractivity contribution in [3.63, 3.8) is 0 Å². The Morgan fingerprint density at radius 2 is 1.76 bits per heavy atom. The lowest BCUT2D eigenvalue weighted by Gasteiger charge is -2.30. The second-order valence-electron chi connectivity index (χ2n) is 9.12. The van der Waals surface area contributed by atoms with E-state index in [1.807, 2.05) is 36.9 Å². The quantitative estimate of drug-likeness (QED) is 0.513. The number of amides is 1. The highest BCUT2D eigenvalue weighted by Crippen LogP contribution is 2.35. The maximum Gasteiger partial charge on any atom is 0.225 e. The summed E-state index contributed by atoms with van der Waals surface area (Å²) in [6.07, 6.45) is 0. The van der Waals surface area contributed by atoms with E-state index in [1.54, 1.807) is 21.3 Å². The number of carbonyl (C=O) groups excluding carboxylic acids is 1. The van der Waals surface area contributed by atoms with E-state index in [-0.39, 0.29) is 11.8 Å². The Morgan fingerprint density at radius 3 is 2.39 bits per heavy atom. The van der Waals surface area contributed by atoms with Gasteiger partial charge in [0.25, 0.3) is 0 Å². The molecule has 0 saturated carbocycles. The molecule has 1 aliphatic rings. The van der Waals surface area contributed by atoms with E-state index >= 15 is 0 Å². The average Bonchev–Trinajstić information content (AvgIpc) is 3.23. The van der Waals surface area contributed by atoms with Gasteiger partial charge < -0.3 is 19.1 Å². The Balaban J connectivity index is 1.81. The minimum absolute atomic E-state index is 0.0334. The molecule has 1 amide bonds. The third-order valence-electron chi connectivity index (χ3n) is 6.43. The first kappa shape index (κ1) is 25.1. The Kier molecular flexibility index (Phi) is 9.15.